The van der Waals surface area contributed by atoms with Crippen LogP contribution in [0.4, 0.5) is 11.4 Å². The van der Waals surface area contributed by atoms with Crippen molar-refractivity contribution in [2.24, 2.45) is 11.8 Å². The van der Waals surface area contributed by atoms with Crippen molar-refractivity contribution in [1.82, 2.24) is 0 Å². The summed E-state index contributed by atoms with van der Waals surface area (Å²) >= 11 is 0. The van der Waals surface area contributed by atoms with Crippen molar-refractivity contribution in [3.63, 3.8) is 0 Å². The summed E-state index contributed by atoms with van der Waals surface area (Å²) in [6, 6.07) is 9.65. The van der Waals surface area contributed by atoms with Gasteiger partial charge in [0.05, 0.1) is 40.0 Å². The van der Waals surface area contributed by atoms with E-state index in [2.05, 4.69) is 0 Å². The van der Waals surface area contributed by atoms with Crippen LogP contribution in [0.15, 0.2) is 36.4 Å². The summed E-state index contributed by atoms with van der Waals surface area (Å²) in [4.78, 5) is 37.9. The molecule has 0 radical (unpaired) electrons. The minimum Gasteiger partial charge on any atom is -0.373 e. The number of hydrogen-bond acceptors (Lipinski definition) is 5. The summed E-state index contributed by atoms with van der Waals surface area (Å²) in [5, 5.41) is 12.2. The van der Waals surface area contributed by atoms with Gasteiger partial charge in [0, 0.05) is 11.5 Å². The Bertz CT molecular complexity index is 928. The molecule has 0 spiro atoms. The molecular weight excluding hydrogens is 324 g/mol. The lowest BCUT2D eigenvalue weighted by atomic mass is 9.81. The highest BCUT2D eigenvalue weighted by Crippen LogP contribution is 2.50. The second kappa shape index (κ2) is 4.86. The highest BCUT2D eigenvalue weighted by atomic mass is 16.6. The molecule has 0 saturated carbocycles. The van der Waals surface area contributed by atoms with Gasteiger partial charge >= 0.3 is 0 Å². The molecule has 2 aromatic rings. The second-order valence-electron chi connectivity index (χ2n) is 6.76. The van der Waals surface area contributed by atoms with Gasteiger partial charge in [-0.25, -0.2) is 4.90 Å². The summed E-state index contributed by atoms with van der Waals surface area (Å²) < 4.78 is 5.74. The van der Waals surface area contributed by atoms with Crippen molar-refractivity contribution in [1.29, 1.82) is 0 Å². The maximum atomic E-state index is 12.9. The third-order valence-corrected chi connectivity index (χ3v) is 5.60. The van der Waals surface area contributed by atoms with E-state index in [4.69, 9.17) is 4.74 Å². The smallest absolute Gasteiger partial charge is 0.277 e. The zero-order chi connectivity index (χ0) is 17.3. The molecule has 3 fully saturated rings. The standard InChI is InChI=1S/C18H14N2O5/c21-17-15-13-7-8-14(25-13)16(15)18(22)19(17)11-5-6-12(20(23)24)10-4-2-1-3-9(10)11/h1-6,13-16H,7-8H2/t13-,14+,15-,16+. The Morgan fingerprint density at radius 1 is 0.960 bits per heavy atom. The largest absolute Gasteiger partial charge is 0.373 e. The van der Waals surface area contributed by atoms with E-state index in [9.17, 15) is 19.7 Å². The Hall–Kier alpha value is -2.80. The van der Waals surface area contributed by atoms with E-state index in [1.165, 1.54) is 17.0 Å². The number of fused-ring (bicyclic) bond motifs is 6. The van der Waals surface area contributed by atoms with Crippen LogP contribution >= 0.6 is 0 Å². The van der Waals surface area contributed by atoms with Gasteiger partial charge in [0.25, 0.3) is 5.69 Å². The summed E-state index contributed by atoms with van der Waals surface area (Å²) in [5.74, 6) is -1.33. The SMILES string of the molecule is O=C1[C@@H]2[C@H](C(=O)N1c1ccc([N+](=O)[O-])c3ccccc13)[C@H]1CC[C@@H]2O1. The minimum atomic E-state index is -0.456. The van der Waals surface area contributed by atoms with E-state index in [1.807, 2.05) is 0 Å². The van der Waals surface area contributed by atoms with Crippen LogP contribution in [-0.4, -0.2) is 28.9 Å². The van der Waals surface area contributed by atoms with Crippen molar-refractivity contribution >= 4 is 34.0 Å². The van der Waals surface area contributed by atoms with Gasteiger partial charge in [-0.15, -0.1) is 0 Å². The molecule has 3 aliphatic rings. The predicted octanol–water partition coefficient (Wildman–Crippen LogP) is 2.41. The molecule has 7 heteroatoms. The molecule has 0 N–H and O–H groups in total. The van der Waals surface area contributed by atoms with Crippen molar-refractivity contribution in [2.75, 3.05) is 4.90 Å². The number of nitro benzene ring substituents is 1. The van der Waals surface area contributed by atoms with E-state index in [1.54, 1.807) is 24.3 Å². The van der Waals surface area contributed by atoms with E-state index < -0.39 is 16.8 Å². The zero-order valence-electron chi connectivity index (χ0n) is 13.1. The molecule has 3 aliphatic heterocycles. The first-order chi connectivity index (χ1) is 12.1. The summed E-state index contributed by atoms with van der Waals surface area (Å²) in [7, 11) is 0. The summed E-state index contributed by atoms with van der Waals surface area (Å²) in [6.07, 6.45) is 1.25. The fraction of sp³-hybridized carbons (Fsp3) is 0.333. The lowest BCUT2D eigenvalue weighted by molar-refractivity contribution is -0.383. The number of anilines is 1. The normalized spacial score (nSPS) is 30.3. The Morgan fingerprint density at radius 3 is 2.16 bits per heavy atom. The average Bonchev–Trinajstić information content (AvgIpc) is 3.28. The van der Waals surface area contributed by atoms with Crippen LogP contribution in [0, 0.1) is 22.0 Å². The molecule has 126 valence electrons. The quantitative estimate of drug-likeness (QED) is 0.476. The van der Waals surface area contributed by atoms with Crippen LogP contribution in [0.5, 0.6) is 0 Å². The fourth-order valence-electron chi connectivity index (χ4n) is 4.57. The third kappa shape index (κ3) is 1.78. The Kier molecular flexibility index (Phi) is 2.82. The molecule has 25 heavy (non-hydrogen) atoms. The topological polar surface area (TPSA) is 89.8 Å². The number of imide groups is 1. The van der Waals surface area contributed by atoms with E-state index in [0.29, 0.717) is 16.5 Å². The fourth-order valence-corrected chi connectivity index (χ4v) is 4.57. The zero-order valence-corrected chi connectivity index (χ0v) is 13.1. The molecule has 0 aliphatic carbocycles. The number of rotatable bonds is 2. The second-order valence-corrected chi connectivity index (χ2v) is 6.76. The van der Waals surface area contributed by atoms with Crippen molar-refractivity contribution in [3.05, 3.63) is 46.5 Å². The third-order valence-electron chi connectivity index (χ3n) is 5.60. The van der Waals surface area contributed by atoms with Crippen LogP contribution in [-0.2, 0) is 14.3 Å². The first-order valence-electron chi connectivity index (χ1n) is 8.27. The van der Waals surface area contributed by atoms with E-state index in [-0.39, 0.29) is 29.7 Å². The Balaban J connectivity index is 1.67. The number of carbonyl (C=O) groups excluding carboxylic acids is 2. The van der Waals surface area contributed by atoms with Crippen molar-refractivity contribution in [3.8, 4) is 0 Å². The summed E-state index contributed by atoms with van der Waals surface area (Å²) in [5.41, 5.74) is 0.382. The molecule has 5 rings (SSSR count). The number of amides is 2. The highest BCUT2D eigenvalue weighted by molar-refractivity contribution is 6.26. The molecule has 0 aromatic heterocycles. The number of ether oxygens (including phenoxy) is 1. The van der Waals surface area contributed by atoms with Crippen LogP contribution in [0.2, 0.25) is 0 Å². The Morgan fingerprint density at radius 2 is 1.56 bits per heavy atom. The van der Waals surface area contributed by atoms with Gasteiger partial charge in [-0.2, -0.15) is 0 Å². The van der Waals surface area contributed by atoms with Gasteiger partial charge in [-0.1, -0.05) is 18.2 Å². The monoisotopic (exact) mass is 338 g/mol. The molecule has 3 heterocycles. The van der Waals surface area contributed by atoms with Gasteiger partial charge in [0.15, 0.2) is 0 Å². The van der Waals surface area contributed by atoms with Gasteiger partial charge in [-0.05, 0) is 25.0 Å². The minimum absolute atomic E-state index is 0.0398. The number of nitro groups is 1. The first-order valence-corrected chi connectivity index (χ1v) is 8.27. The van der Waals surface area contributed by atoms with Crippen LogP contribution in [0.1, 0.15) is 12.8 Å². The van der Waals surface area contributed by atoms with Crippen LogP contribution in [0.25, 0.3) is 10.8 Å². The molecule has 2 bridgehead atoms. The summed E-state index contributed by atoms with van der Waals surface area (Å²) in [6.45, 7) is 0. The van der Waals surface area contributed by atoms with Crippen molar-refractivity contribution in [2.45, 2.75) is 25.0 Å². The maximum absolute atomic E-state index is 12.9. The molecule has 2 amide bonds. The van der Waals surface area contributed by atoms with Crippen LogP contribution in [0.3, 0.4) is 0 Å². The number of benzene rings is 2. The van der Waals surface area contributed by atoms with Crippen molar-refractivity contribution < 1.29 is 19.2 Å². The molecule has 4 atom stereocenters. The lowest BCUT2D eigenvalue weighted by Crippen LogP contribution is -2.34. The van der Waals surface area contributed by atoms with Gasteiger partial charge in [0.1, 0.15) is 0 Å². The van der Waals surface area contributed by atoms with E-state index >= 15 is 0 Å². The number of nitrogens with zero attached hydrogens (tertiary/aromatic N) is 2. The van der Waals surface area contributed by atoms with E-state index in [0.717, 1.165) is 12.8 Å². The number of hydrogen-bond donors (Lipinski definition) is 0. The first kappa shape index (κ1) is 14.5. The predicted molar refractivity (Wildman–Crippen MR) is 88.0 cm³/mol. The average molecular weight is 338 g/mol. The lowest BCUT2D eigenvalue weighted by Gasteiger charge is -2.19. The molecule has 3 saturated heterocycles. The van der Waals surface area contributed by atoms with Gasteiger partial charge in [0.2, 0.25) is 11.8 Å². The van der Waals surface area contributed by atoms with Gasteiger partial charge in [-0.3, -0.25) is 19.7 Å². The molecule has 2 aromatic carbocycles. The number of carbonyl (C=O) groups is 2. The van der Waals surface area contributed by atoms with Crippen LogP contribution < -0.4 is 4.90 Å². The van der Waals surface area contributed by atoms with Gasteiger partial charge < -0.3 is 4.74 Å². The Labute approximate surface area is 142 Å². The molecule has 0 unspecified atom stereocenters. The number of non-ortho nitro benzene ring substituents is 1. The molecular formula is C18H14N2O5. The highest BCUT2D eigenvalue weighted by Gasteiger charge is 2.62. The maximum Gasteiger partial charge on any atom is 0.277 e. The molecule has 7 nitrogen and oxygen atoms in total.